The SMILES string of the molecule is O=C(c1ccc(O)cc1)N1CCN(c2nc(-c3ccccc3)nc3ccccc23)CC1. The number of carbonyl (C=O) groups excluding carboxylic acids is 1. The molecule has 0 bridgehead atoms. The molecule has 31 heavy (non-hydrogen) atoms. The van der Waals surface area contributed by atoms with Gasteiger partial charge in [0, 0.05) is 42.7 Å². The van der Waals surface area contributed by atoms with E-state index in [0.29, 0.717) is 37.6 Å². The van der Waals surface area contributed by atoms with Crippen molar-refractivity contribution in [3.8, 4) is 17.1 Å². The van der Waals surface area contributed by atoms with E-state index in [1.165, 1.54) is 0 Å². The quantitative estimate of drug-likeness (QED) is 0.554. The van der Waals surface area contributed by atoms with Crippen LogP contribution in [0.1, 0.15) is 10.4 Å². The van der Waals surface area contributed by atoms with Gasteiger partial charge in [-0.1, -0.05) is 42.5 Å². The zero-order valence-corrected chi connectivity index (χ0v) is 17.0. The lowest BCUT2D eigenvalue weighted by Crippen LogP contribution is -2.49. The number of benzene rings is 3. The summed E-state index contributed by atoms with van der Waals surface area (Å²) in [6.07, 6.45) is 0. The van der Waals surface area contributed by atoms with Gasteiger partial charge in [-0.15, -0.1) is 0 Å². The van der Waals surface area contributed by atoms with Crippen molar-refractivity contribution in [3.05, 3.63) is 84.4 Å². The molecule has 5 rings (SSSR count). The summed E-state index contributed by atoms with van der Waals surface area (Å²) in [7, 11) is 0. The zero-order valence-electron chi connectivity index (χ0n) is 17.0. The van der Waals surface area contributed by atoms with E-state index in [-0.39, 0.29) is 11.7 Å². The van der Waals surface area contributed by atoms with Crippen molar-refractivity contribution < 1.29 is 9.90 Å². The van der Waals surface area contributed by atoms with Crippen LogP contribution in [0.15, 0.2) is 78.9 Å². The fourth-order valence-corrected chi connectivity index (χ4v) is 3.93. The summed E-state index contributed by atoms with van der Waals surface area (Å²) < 4.78 is 0. The fraction of sp³-hybridized carbons (Fsp3) is 0.160. The van der Waals surface area contributed by atoms with E-state index in [0.717, 1.165) is 22.3 Å². The first kappa shape index (κ1) is 19.1. The van der Waals surface area contributed by atoms with E-state index in [9.17, 15) is 9.90 Å². The number of aromatic nitrogens is 2. The van der Waals surface area contributed by atoms with Gasteiger partial charge in [0.25, 0.3) is 5.91 Å². The van der Waals surface area contributed by atoms with E-state index >= 15 is 0 Å². The summed E-state index contributed by atoms with van der Waals surface area (Å²) in [5.41, 5.74) is 2.48. The van der Waals surface area contributed by atoms with Gasteiger partial charge in [0.05, 0.1) is 5.52 Å². The summed E-state index contributed by atoms with van der Waals surface area (Å²) in [4.78, 5) is 26.6. The minimum absolute atomic E-state index is 0.0165. The summed E-state index contributed by atoms with van der Waals surface area (Å²) in [5.74, 6) is 1.75. The molecule has 0 unspecified atom stereocenters. The molecule has 0 atom stereocenters. The van der Waals surface area contributed by atoms with Crippen LogP contribution in [0.3, 0.4) is 0 Å². The number of nitrogens with zero attached hydrogens (tertiary/aromatic N) is 4. The largest absolute Gasteiger partial charge is 0.508 e. The normalized spacial score (nSPS) is 14.1. The molecular formula is C25H22N4O2. The Morgan fingerprint density at radius 3 is 2.19 bits per heavy atom. The van der Waals surface area contributed by atoms with Crippen molar-refractivity contribution in [2.45, 2.75) is 0 Å². The van der Waals surface area contributed by atoms with Gasteiger partial charge >= 0.3 is 0 Å². The fourth-order valence-electron chi connectivity index (χ4n) is 3.93. The Morgan fingerprint density at radius 2 is 1.45 bits per heavy atom. The second-order valence-electron chi connectivity index (χ2n) is 7.58. The van der Waals surface area contributed by atoms with Gasteiger partial charge in [-0.3, -0.25) is 4.79 Å². The number of phenolic OH excluding ortho intramolecular Hbond substituents is 1. The molecule has 3 aromatic carbocycles. The van der Waals surface area contributed by atoms with Crippen molar-refractivity contribution >= 4 is 22.6 Å². The molecule has 1 amide bonds. The average molecular weight is 410 g/mol. The molecule has 0 radical (unpaired) electrons. The van der Waals surface area contributed by atoms with Gasteiger partial charge < -0.3 is 14.9 Å². The third-order valence-electron chi connectivity index (χ3n) is 5.60. The molecule has 0 spiro atoms. The summed E-state index contributed by atoms with van der Waals surface area (Å²) >= 11 is 0. The maximum Gasteiger partial charge on any atom is 0.253 e. The average Bonchev–Trinajstić information content (AvgIpc) is 2.84. The molecular weight excluding hydrogens is 388 g/mol. The first-order valence-electron chi connectivity index (χ1n) is 10.3. The Morgan fingerprint density at radius 1 is 0.774 bits per heavy atom. The van der Waals surface area contributed by atoms with Crippen LogP contribution in [0.25, 0.3) is 22.3 Å². The summed E-state index contributed by atoms with van der Waals surface area (Å²) in [5, 5.41) is 10.5. The number of anilines is 1. The number of rotatable bonds is 3. The maximum atomic E-state index is 12.8. The lowest BCUT2D eigenvalue weighted by atomic mass is 10.1. The van der Waals surface area contributed by atoms with E-state index in [1.54, 1.807) is 24.3 Å². The van der Waals surface area contributed by atoms with Crippen LogP contribution in [0.2, 0.25) is 0 Å². The van der Waals surface area contributed by atoms with Gasteiger partial charge in [0.1, 0.15) is 11.6 Å². The monoisotopic (exact) mass is 410 g/mol. The summed E-state index contributed by atoms with van der Waals surface area (Å²) in [6, 6.07) is 24.4. The van der Waals surface area contributed by atoms with E-state index < -0.39 is 0 Å². The number of fused-ring (bicyclic) bond motifs is 1. The lowest BCUT2D eigenvalue weighted by molar-refractivity contribution is 0.0746. The standard InChI is InChI=1S/C25H22N4O2/c30-20-12-10-19(11-13-20)25(31)29-16-14-28(15-17-29)24-21-8-4-5-9-22(21)26-23(27-24)18-6-2-1-3-7-18/h1-13,30H,14-17H2. The van der Waals surface area contributed by atoms with Crippen LogP contribution in [-0.4, -0.2) is 52.1 Å². The Bertz CT molecular complexity index is 1220. The van der Waals surface area contributed by atoms with Crippen molar-refractivity contribution in [1.29, 1.82) is 0 Å². The van der Waals surface area contributed by atoms with Gasteiger partial charge in [-0.25, -0.2) is 9.97 Å². The van der Waals surface area contributed by atoms with Crippen molar-refractivity contribution in [2.75, 3.05) is 31.1 Å². The highest BCUT2D eigenvalue weighted by molar-refractivity contribution is 5.95. The molecule has 1 aromatic heterocycles. The number of para-hydroxylation sites is 1. The molecule has 2 heterocycles. The number of piperazine rings is 1. The predicted octanol–water partition coefficient (Wildman–Crippen LogP) is 3.96. The Labute approximate surface area is 180 Å². The van der Waals surface area contributed by atoms with Crippen LogP contribution in [-0.2, 0) is 0 Å². The highest BCUT2D eigenvalue weighted by Crippen LogP contribution is 2.28. The molecule has 1 saturated heterocycles. The van der Waals surface area contributed by atoms with Gasteiger partial charge in [-0.2, -0.15) is 0 Å². The third kappa shape index (κ3) is 3.80. The van der Waals surface area contributed by atoms with Gasteiger partial charge in [-0.05, 0) is 36.4 Å². The van der Waals surface area contributed by atoms with Crippen LogP contribution in [0.5, 0.6) is 5.75 Å². The lowest BCUT2D eigenvalue weighted by Gasteiger charge is -2.36. The highest BCUT2D eigenvalue weighted by Gasteiger charge is 2.24. The van der Waals surface area contributed by atoms with Crippen LogP contribution in [0.4, 0.5) is 5.82 Å². The number of hydrogen-bond donors (Lipinski definition) is 1. The number of hydrogen-bond acceptors (Lipinski definition) is 5. The molecule has 4 aromatic rings. The molecule has 1 aliphatic rings. The second-order valence-corrected chi connectivity index (χ2v) is 7.58. The van der Waals surface area contributed by atoms with E-state index in [2.05, 4.69) is 4.90 Å². The summed E-state index contributed by atoms with van der Waals surface area (Å²) in [6.45, 7) is 2.61. The van der Waals surface area contributed by atoms with Gasteiger partial charge in [0.2, 0.25) is 0 Å². The molecule has 154 valence electrons. The number of carbonyl (C=O) groups is 1. The van der Waals surface area contributed by atoms with Crippen LogP contribution in [0, 0.1) is 0 Å². The molecule has 1 aliphatic heterocycles. The first-order chi connectivity index (χ1) is 15.2. The molecule has 6 heteroatoms. The van der Waals surface area contributed by atoms with Crippen LogP contribution >= 0.6 is 0 Å². The number of phenols is 1. The first-order valence-corrected chi connectivity index (χ1v) is 10.3. The molecule has 1 fully saturated rings. The van der Waals surface area contributed by atoms with Crippen molar-refractivity contribution in [2.24, 2.45) is 0 Å². The molecule has 6 nitrogen and oxygen atoms in total. The minimum Gasteiger partial charge on any atom is -0.508 e. The third-order valence-corrected chi connectivity index (χ3v) is 5.60. The number of aromatic hydroxyl groups is 1. The Hall–Kier alpha value is -3.93. The minimum atomic E-state index is -0.0165. The molecule has 1 N–H and O–H groups in total. The molecule has 0 aliphatic carbocycles. The second kappa shape index (κ2) is 8.07. The maximum absolute atomic E-state index is 12.8. The van der Waals surface area contributed by atoms with Crippen LogP contribution < -0.4 is 4.90 Å². The van der Waals surface area contributed by atoms with Crippen molar-refractivity contribution in [1.82, 2.24) is 14.9 Å². The molecule has 0 saturated carbocycles. The topological polar surface area (TPSA) is 69.6 Å². The van der Waals surface area contributed by atoms with Gasteiger partial charge in [0.15, 0.2) is 5.82 Å². The van der Waals surface area contributed by atoms with E-state index in [1.807, 2.05) is 59.5 Å². The Kier molecular flexibility index (Phi) is 4.96. The smallest absolute Gasteiger partial charge is 0.253 e. The van der Waals surface area contributed by atoms with E-state index in [4.69, 9.17) is 9.97 Å². The Balaban J connectivity index is 1.41. The predicted molar refractivity (Wildman–Crippen MR) is 121 cm³/mol. The zero-order chi connectivity index (χ0) is 21.2. The van der Waals surface area contributed by atoms with Crippen molar-refractivity contribution in [3.63, 3.8) is 0 Å². The highest BCUT2D eigenvalue weighted by atomic mass is 16.3. The number of amides is 1.